The Kier molecular flexibility index (Phi) is 7.37. The molecular formula is C21H36F3N5O. The van der Waals surface area contributed by atoms with Crippen LogP contribution in [0.1, 0.15) is 45.4 Å². The van der Waals surface area contributed by atoms with Crippen molar-refractivity contribution in [2.24, 2.45) is 11.8 Å². The molecule has 3 aliphatic heterocycles. The van der Waals surface area contributed by atoms with Crippen molar-refractivity contribution >= 4 is 0 Å². The van der Waals surface area contributed by atoms with Crippen molar-refractivity contribution in [3.8, 4) is 0 Å². The molecule has 2 saturated heterocycles. The number of nitrogens with one attached hydrogen (secondary N) is 5. The summed E-state index contributed by atoms with van der Waals surface area (Å²) in [5.74, 6) is 0.988. The van der Waals surface area contributed by atoms with Crippen LogP contribution >= 0.6 is 0 Å². The van der Waals surface area contributed by atoms with Crippen LogP contribution in [0.2, 0.25) is 0 Å². The minimum Gasteiger partial charge on any atom is -0.377 e. The molecule has 7 unspecified atom stereocenters. The highest BCUT2D eigenvalue weighted by Gasteiger charge is 2.43. The Morgan fingerprint density at radius 1 is 1.20 bits per heavy atom. The van der Waals surface area contributed by atoms with Crippen LogP contribution < -0.4 is 26.6 Å². The fourth-order valence-corrected chi connectivity index (χ4v) is 5.65. The first kappa shape index (κ1) is 22.5. The lowest BCUT2D eigenvalue weighted by Crippen LogP contribution is -2.68. The van der Waals surface area contributed by atoms with Gasteiger partial charge < -0.3 is 10.1 Å². The third kappa shape index (κ3) is 5.95. The SMILES string of the molecule is CC1CC(NCC(F)(F)F)NC(NC2CC3CCOC3C(C3=CCNCCC3)C2)N1. The molecule has 6 nitrogen and oxygen atoms in total. The average molecular weight is 432 g/mol. The summed E-state index contributed by atoms with van der Waals surface area (Å²) in [7, 11) is 0. The fraction of sp³-hybridized carbons (Fsp3) is 0.905. The molecule has 0 radical (unpaired) electrons. The van der Waals surface area contributed by atoms with Gasteiger partial charge in [-0.1, -0.05) is 11.6 Å². The van der Waals surface area contributed by atoms with Crippen LogP contribution in [0.4, 0.5) is 13.2 Å². The molecule has 3 heterocycles. The Bertz CT molecular complexity index is 602. The molecule has 0 bridgehead atoms. The van der Waals surface area contributed by atoms with Gasteiger partial charge in [-0.3, -0.25) is 21.3 Å². The van der Waals surface area contributed by atoms with E-state index in [2.05, 4.69) is 32.7 Å². The van der Waals surface area contributed by atoms with Crippen molar-refractivity contribution in [1.82, 2.24) is 26.6 Å². The van der Waals surface area contributed by atoms with E-state index in [0.29, 0.717) is 30.4 Å². The molecule has 7 atom stereocenters. The monoisotopic (exact) mass is 431 g/mol. The standard InChI is InChI=1S/C21H36F3N5O/c1-13-9-18(26-12-21(22,23)24)29-20(27-13)28-16-10-15-5-8-30-19(15)17(11-16)14-3-2-6-25-7-4-14/h4,13,15-20,25-29H,2-3,5-12H2,1H3. The number of rotatable bonds is 5. The van der Waals surface area contributed by atoms with E-state index in [0.717, 1.165) is 51.8 Å². The first-order valence-electron chi connectivity index (χ1n) is 11.5. The first-order valence-corrected chi connectivity index (χ1v) is 11.5. The normalized spacial score (nSPS) is 40.5. The quantitative estimate of drug-likeness (QED) is 0.428. The minimum absolute atomic E-state index is 0.132. The minimum atomic E-state index is -4.20. The molecule has 4 rings (SSSR count). The molecular weight excluding hydrogens is 395 g/mol. The summed E-state index contributed by atoms with van der Waals surface area (Å²) in [5, 5.41) is 16.5. The van der Waals surface area contributed by atoms with Gasteiger partial charge in [0, 0.05) is 31.2 Å². The van der Waals surface area contributed by atoms with E-state index in [9.17, 15) is 13.2 Å². The smallest absolute Gasteiger partial charge is 0.377 e. The van der Waals surface area contributed by atoms with Gasteiger partial charge in [0.15, 0.2) is 0 Å². The molecule has 172 valence electrons. The Hall–Kier alpha value is -0.710. The maximum atomic E-state index is 12.6. The van der Waals surface area contributed by atoms with Gasteiger partial charge in [-0.25, -0.2) is 0 Å². The van der Waals surface area contributed by atoms with Gasteiger partial charge in [-0.15, -0.1) is 0 Å². The van der Waals surface area contributed by atoms with Crippen molar-refractivity contribution in [2.45, 2.75) is 82.3 Å². The maximum Gasteiger partial charge on any atom is 0.401 e. The largest absolute Gasteiger partial charge is 0.401 e. The molecule has 5 N–H and O–H groups in total. The van der Waals surface area contributed by atoms with Gasteiger partial charge >= 0.3 is 6.18 Å². The van der Waals surface area contributed by atoms with Crippen LogP contribution in [0.15, 0.2) is 11.6 Å². The van der Waals surface area contributed by atoms with Crippen LogP contribution in [0, 0.1) is 11.8 Å². The number of fused-ring (bicyclic) bond motifs is 1. The highest BCUT2D eigenvalue weighted by Crippen LogP contribution is 2.42. The summed E-state index contributed by atoms with van der Waals surface area (Å²) in [6.07, 6.45) is 3.98. The van der Waals surface area contributed by atoms with E-state index in [1.165, 1.54) is 5.57 Å². The predicted molar refractivity (Wildman–Crippen MR) is 110 cm³/mol. The van der Waals surface area contributed by atoms with Crippen LogP contribution in [0.3, 0.4) is 0 Å². The fourth-order valence-electron chi connectivity index (χ4n) is 5.65. The number of hydrogen-bond donors (Lipinski definition) is 5. The van der Waals surface area contributed by atoms with E-state index < -0.39 is 12.7 Å². The Labute approximate surface area is 177 Å². The van der Waals surface area contributed by atoms with Crippen molar-refractivity contribution in [3.63, 3.8) is 0 Å². The Morgan fingerprint density at radius 3 is 2.90 bits per heavy atom. The van der Waals surface area contributed by atoms with E-state index in [4.69, 9.17) is 4.74 Å². The summed E-state index contributed by atoms with van der Waals surface area (Å²) in [6.45, 7) is 3.87. The highest BCUT2D eigenvalue weighted by atomic mass is 19.4. The predicted octanol–water partition coefficient (Wildman–Crippen LogP) is 1.80. The molecule has 0 aromatic carbocycles. The van der Waals surface area contributed by atoms with Crippen molar-refractivity contribution in [1.29, 1.82) is 0 Å². The zero-order valence-electron chi connectivity index (χ0n) is 17.7. The lowest BCUT2D eigenvalue weighted by molar-refractivity contribution is -0.127. The second kappa shape index (κ2) is 9.83. The van der Waals surface area contributed by atoms with Gasteiger partial charge in [0.25, 0.3) is 0 Å². The maximum absolute atomic E-state index is 12.6. The summed E-state index contributed by atoms with van der Waals surface area (Å²) in [4.78, 5) is 0. The van der Waals surface area contributed by atoms with Crippen LogP contribution in [0.5, 0.6) is 0 Å². The number of alkyl halides is 3. The second-order valence-electron chi connectivity index (χ2n) is 9.36. The molecule has 0 spiro atoms. The average Bonchev–Trinajstić information content (AvgIpc) is 2.98. The molecule has 4 aliphatic rings. The van der Waals surface area contributed by atoms with Crippen molar-refractivity contribution in [2.75, 3.05) is 26.2 Å². The molecule has 1 aliphatic carbocycles. The Morgan fingerprint density at radius 2 is 2.07 bits per heavy atom. The van der Waals surface area contributed by atoms with Crippen LogP contribution in [-0.2, 0) is 4.74 Å². The molecule has 9 heteroatoms. The molecule has 3 fully saturated rings. The van der Waals surface area contributed by atoms with Crippen molar-refractivity contribution < 1.29 is 17.9 Å². The number of halogens is 3. The molecule has 0 aromatic rings. The summed E-state index contributed by atoms with van der Waals surface area (Å²) in [5.41, 5.74) is 1.52. The first-order chi connectivity index (χ1) is 14.4. The third-order valence-electron chi connectivity index (χ3n) is 6.95. The second-order valence-corrected chi connectivity index (χ2v) is 9.36. The molecule has 1 saturated carbocycles. The molecule has 30 heavy (non-hydrogen) atoms. The van der Waals surface area contributed by atoms with Crippen LogP contribution in [0.25, 0.3) is 0 Å². The van der Waals surface area contributed by atoms with E-state index in [-0.39, 0.29) is 18.5 Å². The summed E-state index contributed by atoms with van der Waals surface area (Å²) < 4.78 is 44.0. The zero-order chi connectivity index (χ0) is 21.1. The molecule has 0 aromatic heterocycles. The van der Waals surface area contributed by atoms with Gasteiger partial charge in [-0.05, 0) is 57.9 Å². The lowest BCUT2D eigenvalue weighted by Gasteiger charge is -2.43. The highest BCUT2D eigenvalue weighted by molar-refractivity contribution is 5.15. The van der Waals surface area contributed by atoms with Gasteiger partial charge in [0.1, 0.15) is 6.29 Å². The van der Waals surface area contributed by atoms with Crippen LogP contribution in [-0.4, -0.2) is 63.1 Å². The van der Waals surface area contributed by atoms with E-state index >= 15 is 0 Å². The van der Waals surface area contributed by atoms with Gasteiger partial charge in [0.05, 0.1) is 18.8 Å². The van der Waals surface area contributed by atoms with Gasteiger partial charge in [-0.2, -0.15) is 13.2 Å². The summed E-state index contributed by atoms with van der Waals surface area (Å²) in [6, 6.07) is 0.445. The topological polar surface area (TPSA) is 69.4 Å². The molecule has 0 amide bonds. The Balaban J connectivity index is 1.37. The van der Waals surface area contributed by atoms with E-state index in [1.807, 2.05) is 6.92 Å². The third-order valence-corrected chi connectivity index (χ3v) is 6.95. The van der Waals surface area contributed by atoms with Gasteiger partial charge in [0.2, 0.25) is 0 Å². The van der Waals surface area contributed by atoms with Crippen molar-refractivity contribution in [3.05, 3.63) is 11.6 Å². The lowest BCUT2D eigenvalue weighted by atomic mass is 9.72. The number of ether oxygens (including phenoxy) is 1. The van der Waals surface area contributed by atoms with E-state index in [1.54, 1.807) is 0 Å². The summed E-state index contributed by atoms with van der Waals surface area (Å²) >= 11 is 0. The zero-order valence-corrected chi connectivity index (χ0v) is 17.7. The number of hydrogen-bond acceptors (Lipinski definition) is 6.